The number of aromatic nitrogens is 2. The Morgan fingerprint density at radius 1 is 1.24 bits per heavy atom. The monoisotopic (exact) mass is 305 g/mol. The largest absolute Gasteiger partial charge is 0.310 e. The maximum absolute atomic E-state index is 4.73. The Hall–Kier alpha value is -1.13. The fourth-order valence-electron chi connectivity index (χ4n) is 2.41. The van der Waals surface area contributed by atoms with Gasteiger partial charge in [-0.2, -0.15) is 5.10 Å². The molecule has 2 heterocycles. The summed E-state index contributed by atoms with van der Waals surface area (Å²) in [7, 11) is 0. The van der Waals surface area contributed by atoms with Gasteiger partial charge in [0.05, 0.1) is 12.2 Å². The second-order valence-electron chi connectivity index (χ2n) is 5.82. The summed E-state index contributed by atoms with van der Waals surface area (Å²) >= 11 is 1.90. The average molecular weight is 305 g/mol. The molecule has 0 amide bonds. The van der Waals surface area contributed by atoms with Crippen LogP contribution < -0.4 is 5.32 Å². The third-order valence-electron chi connectivity index (χ3n) is 3.71. The van der Waals surface area contributed by atoms with Crippen molar-refractivity contribution in [1.82, 2.24) is 15.1 Å². The van der Waals surface area contributed by atoms with Crippen LogP contribution in [0.1, 0.15) is 54.4 Å². The lowest BCUT2D eigenvalue weighted by Crippen LogP contribution is -2.21. The molecule has 0 saturated carbocycles. The molecule has 0 fully saturated rings. The van der Waals surface area contributed by atoms with Crippen LogP contribution in [0.25, 0.3) is 0 Å². The van der Waals surface area contributed by atoms with Crippen LogP contribution in [-0.2, 0) is 25.9 Å². The van der Waals surface area contributed by atoms with Crippen molar-refractivity contribution in [1.29, 1.82) is 0 Å². The van der Waals surface area contributed by atoms with Gasteiger partial charge in [-0.05, 0) is 37.5 Å². The highest BCUT2D eigenvalue weighted by atomic mass is 32.1. The summed E-state index contributed by atoms with van der Waals surface area (Å²) in [5.41, 5.74) is 3.93. The van der Waals surface area contributed by atoms with Crippen LogP contribution in [0.5, 0.6) is 0 Å². The van der Waals surface area contributed by atoms with Crippen LogP contribution in [0.15, 0.2) is 12.1 Å². The molecule has 2 aromatic heterocycles. The Labute approximate surface area is 132 Å². The smallest absolute Gasteiger partial charge is 0.0673 e. The Morgan fingerprint density at radius 2 is 2.00 bits per heavy atom. The predicted octanol–water partition coefficient (Wildman–Crippen LogP) is 3.92. The highest BCUT2D eigenvalue weighted by molar-refractivity contribution is 7.12. The standard InChI is InChI=1S/C17H27N3S/c1-6-15-9-16(7-2)20(19-15)11-14-8-17(21-13(14)5)10-18-12(3)4/h8-9,12,18H,6-7,10-11H2,1-5H3. The van der Waals surface area contributed by atoms with Crippen LogP contribution in [0.3, 0.4) is 0 Å². The normalized spacial score (nSPS) is 11.5. The van der Waals surface area contributed by atoms with E-state index in [-0.39, 0.29) is 0 Å². The number of rotatable bonds is 7. The number of aryl methyl sites for hydroxylation is 3. The number of hydrogen-bond donors (Lipinski definition) is 1. The molecule has 0 unspecified atom stereocenters. The van der Waals surface area contributed by atoms with Crippen molar-refractivity contribution >= 4 is 11.3 Å². The second-order valence-corrected chi connectivity index (χ2v) is 7.16. The van der Waals surface area contributed by atoms with Crippen LogP contribution in [-0.4, -0.2) is 15.8 Å². The average Bonchev–Trinajstić information content (AvgIpc) is 3.01. The molecule has 0 aliphatic rings. The zero-order valence-corrected chi connectivity index (χ0v) is 14.7. The lowest BCUT2D eigenvalue weighted by molar-refractivity contribution is 0.592. The number of hydrogen-bond acceptors (Lipinski definition) is 3. The highest BCUT2D eigenvalue weighted by Gasteiger charge is 2.10. The van der Waals surface area contributed by atoms with Crippen molar-refractivity contribution < 1.29 is 0 Å². The number of nitrogens with one attached hydrogen (secondary N) is 1. The molecule has 2 aromatic rings. The minimum Gasteiger partial charge on any atom is -0.310 e. The maximum Gasteiger partial charge on any atom is 0.0673 e. The first-order valence-electron chi connectivity index (χ1n) is 7.90. The SMILES string of the molecule is CCc1cc(CC)n(Cc2cc(CNC(C)C)sc2C)n1. The van der Waals surface area contributed by atoms with Gasteiger partial charge in [-0.3, -0.25) is 4.68 Å². The van der Waals surface area contributed by atoms with E-state index in [1.165, 1.54) is 26.7 Å². The van der Waals surface area contributed by atoms with Crippen LogP contribution in [0.4, 0.5) is 0 Å². The van der Waals surface area contributed by atoms with Crippen molar-refractivity contribution in [2.45, 2.75) is 66.6 Å². The van der Waals surface area contributed by atoms with Gasteiger partial charge in [-0.25, -0.2) is 0 Å². The van der Waals surface area contributed by atoms with E-state index in [4.69, 9.17) is 5.10 Å². The molecule has 0 saturated heterocycles. The van der Waals surface area contributed by atoms with Gasteiger partial charge >= 0.3 is 0 Å². The van der Waals surface area contributed by atoms with Crippen LogP contribution in [0, 0.1) is 6.92 Å². The van der Waals surface area contributed by atoms with E-state index in [0.29, 0.717) is 6.04 Å². The molecule has 0 bridgehead atoms. The summed E-state index contributed by atoms with van der Waals surface area (Å²) in [5, 5.41) is 8.22. The van der Waals surface area contributed by atoms with Crippen molar-refractivity contribution in [3.05, 3.63) is 38.8 Å². The third-order valence-corrected chi connectivity index (χ3v) is 4.81. The fraction of sp³-hybridized carbons (Fsp3) is 0.588. The molecule has 21 heavy (non-hydrogen) atoms. The first kappa shape index (κ1) is 16.2. The Balaban J connectivity index is 2.14. The molecule has 0 aliphatic carbocycles. The van der Waals surface area contributed by atoms with Gasteiger partial charge in [0.1, 0.15) is 0 Å². The van der Waals surface area contributed by atoms with Gasteiger partial charge in [0.2, 0.25) is 0 Å². The number of nitrogens with zero attached hydrogens (tertiary/aromatic N) is 2. The lowest BCUT2D eigenvalue weighted by Gasteiger charge is -2.06. The summed E-state index contributed by atoms with van der Waals surface area (Å²) < 4.78 is 2.17. The summed E-state index contributed by atoms with van der Waals surface area (Å²) in [6, 6.07) is 5.10. The van der Waals surface area contributed by atoms with Crippen LogP contribution >= 0.6 is 11.3 Å². The highest BCUT2D eigenvalue weighted by Crippen LogP contribution is 2.23. The van der Waals surface area contributed by atoms with Crippen molar-refractivity contribution in [2.24, 2.45) is 0 Å². The van der Waals surface area contributed by atoms with E-state index < -0.39 is 0 Å². The zero-order valence-electron chi connectivity index (χ0n) is 13.9. The molecule has 0 atom stereocenters. The molecule has 2 rings (SSSR count). The third kappa shape index (κ3) is 4.17. The van der Waals surface area contributed by atoms with E-state index in [1.807, 2.05) is 11.3 Å². The molecule has 0 spiro atoms. The summed E-state index contributed by atoms with van der Waals surface area (Å²) in [5.74, 6) is 0. The number of thiophene rings is 1. The molecular formula is C17H27N3S. The van der Waals surface area contributed by atoms with Gasteiger partial charge in [-0.15, -0.1) is 11.3 Å². The van der Waals surface area contributed by atoms with E-state index >= 15 is 0 Å². The van der Waals surface area contributed by atoms with E-state index in [9.17, 15) is 0 Å². The molecule has 3 nitrogen and oxygen atoms in total. The van der Waals surface area contributed by atoms with Gasteiger partial charge in [-0.1, -0.05) is 27.7 Å². The molecular weight excluding hydrogens is 278 g/mol. The molecule has 116 valence electrons. The fourth-order valence-corrected chi connectivity index (χ4v) is 3.41. The molecule has 4 heteroatoms. The van der Waals surface area contributed by atoms with Crippen molar-refractivity contribution in [3.63, 3.8) is 0 Å². The second kappa shape index (κ2) is 7.23. The minimum atomic E-state index is 0.528. The lowest BCUT2D eigenvalue weighted by atomic mass is 10.2. The molecule has 0 aliphatic heterocycles. The van der Waals surface area contributed by atoms with Gasteiger partial charge in [0.25, 0.3) is 0 Å². The first-order valence-corrected chi connectivity index (χ1v) is 8.72. The Kier molecular flexibility index (Phi) is 5.59. The molecule has 0 aromatic carbocycles. The summed E-state index contributed by atoms with van der Waals surface area (Å²) in [4.78, 5) is 2.82. The van der Waals surface area contributed by atoms with E-state index in [2.05, 4.69) is 56.8 Å². The van der Waals surface area contributed by atoms with Crippen molar-refractivity contribution in [3.8, 4) is 0 Å². The topological polar surface area (TPSA) is 29.9 Å². The van der Waals surface area contributed by atoms with Gasteiger partial charge in [0.15, 0.2) is 0 Å². The Morgan fingerprint density at radius 3 is 2.62 bits per heavy atom. The Bertz CT molecular complexity index is 581. The van der Waals surface area contributed by atoms with Gasteiger partial charge in [0, 0.05) is 28.0 Å². The van der Waals surface area contributed by atoms with Gasteiger partial charge < -0.3 is 5.32 Å². The van der Waals surface area contributed by atoms with E-state index in [1.54, 1.807) is 0 Å². The van der Waals surface area contributed by atoms with E-state index in [0.717, 1.165) is 25.9 Å². The summed E-state index contributed by atoms with van der Waals surface area (Å²) in [6.07, 6.45) is 2.05. The maximum atomic E-state index is 4.73. The van der Waals surface area contributed by atoms with Crippen molar-refractivity contribution in [2.75, 3.05) is 0 Å². The first-order chi connectivity index (χ1) is 10.0. The molecule has 1 N–H and O–H groups in total. The van der Waals surface area contributed by atoms with Crippen LogP contribution in [0.2, 0.25) is 0 Å². The quantitative estimate of drug-likeness (QED) is 0.840. The summed E-state index contributed by atoms with van der Waals surface area (Å²) in [6.45, 7) is 12.8. The zero-order chi connectivity index (χ0) is 15.4. The predicted molar refractivity (Wildman–Crippen MR) is 91.1 cm³/mol. The minimum absolute atomic E-state index is 0.528. The molecule has 0 radical (unpaired) electrons.